The highest BCUT2D eigenvalue weighted by atomic mass is 35.5. The third-order valence-electron chi connectivity index (χ3n) is 2.81. The van der Waals surface area contributed by atoms with Gasteiger partial charge in [-0.25, -0.2) is 4.39 Å². The van der Waals surface area contributed by atoms with Crippen molar-refractivity contribution in [2.24, 2.45) is 5.73 Å². The van der Waals surface area contributed by atoms with Crippen molar-refractivity contribution in [1.82, 2.24) is 5.32 Å². The number of halogens is 2. The molecule has 5 nitrogen and oxygen atoms in total. The van der Waals surface area contributed by atoms with Crippen LogP contribution >= 0.6 is 11.6 Å². The monoisotopic (exact) mass is 279 g/mol. The second-order valence-corrected chi connectivity index (χ2v) is 4.43. The largest absolute Gasteiger partial charge is 0.340 e. The first kappa shape index (κ1) is 13.3. The molecule has 1 unspecified atom stereocenters. The normalized spacial score (nSPS) is 23.5. The lowest BCUT2D eigenvalue weighted by molar-refractivity contribution is 0.137. The van der Waals surface area contributed by atoms with E-state index in [1.807, 2.05) is 0 Å². The summed E-state index contributed by atoms with van der Waals surface area (Å²) in [6.07, 6.45) is 0.835. The van der Waals surface area contributed by atoms with Gasteiger partial charge in [0.25, 0.3) is 0 Å². The highest BCUT2D eigenvalue weighted by molar-refractivity contribution is 6.30. The minimum atomic E-state index is -2.01. The number of hydrogen-bond acceptors (Lipinski definition) is 5. The van der Waals surface area contributed by atoms with Crippen LogP contribution in [0, 0.1) is 16.7 Å². The van der Waals surface area contributed by atoms with E-state index in [0.717, 1.165) is 6.21 Å². The maximum atomic E-state index is 14.8. The molecule has 1 atom stereocenters. The SMILES string of the molecule is N#C/C(C=N)=C1/Nc2cc(Cl)ccc2C(F)(CN)N1. The first-order valence-corrected chi connectivity index (χ1v) is 5.81. The molecule has 7 heteroatoms. The number of benzene rings is 1. The van der Waals surface area contributed by atoms with Crippen molar-refractivity contribution in [2.75, 3.05) is 11.9 Å². The number of nitrogens with one attached hydrogen (secondary N) is 3. The van der Waals surface area contributed by atoms with E-state index in [1.165, 1.54) is 6.07 Å². The number of fused-ring (bicyclic) bond motifs is 1. The summed E-state index contributed by atoms with van der Waals surface area (Å²) in [5.41, 5.74) is 6.18. The van der Waals surface area contributed by atoms with Crippen LogP contribution in [0.15, 0.2) is 29.6 Å². The Balaban J connectivity index is 2.61. The molecule has 0 saturated carbocycles. The number of anilines is 1. The van der Waals surface area contributed by atoms with Crippen LogP contribution < -0.4 is 16.4 Å². The molecular formula is C12H11ClFN5. The number of rotatable bonds is 2. The van der Waals surface area contributed by atoms with Crippen LogP contribution in [0.25, 0.3) is 0 Å². The topological polar surface area (TPSA) is 97.7 Å². The van der Waals surface area contributed by atoms with Gasteiger partial charge in [-0.1, -0.05) is 17.7 Å². The van der Waals surface area contributed by atoms with E-state index in [4.69, 9.17) is 28.0 Å². The van der Waals surface area contributed by atoms with Gasteiger partial charge in [0.15, 0.2) is 0 Å². The Morgan fingerprint density at radius 3 is 2.95 bits per heavy atom. The Kier molecular flexibility index (Phi) is 3.42. The summed E-state index contributed by atoms with van der Waals surface area (Å²) in [4.78, 5) is 0. The van der Waals surface area contributed by atoms with Crippen molar-refractivity contribution in [3.05, 3.63) is 40.2 Å². The Morgan fingerprint density at radius 2 is 2.37 bits per heavy atom. The van der Waals surface area contributed by atoms with E-state index in [2.05, 4.69) is 10.6 Å². The first-order chi connectivity index (χ1) is 9.04. The summed E-state index contributed by atoms with van der Waals surface area (Å²) in [6, 6.07) is 6.43. The van der Waals surface area contributed by atoms with Crippen LogP contribution in [0.2, 0.25) is 5.02 Å². The molecule has 1 aromatic rings. The molecule has 1 aliphatic heterocycles. The Bertz CT molecular complexity index is 607. The van der Waals surface area contributed by atoms with Crippen molar-refractivity contribution < 1.29 is 4.39 Å². The highest BCUT2D eigenvalue weighted by Gasteiger charge is 2.38. The fourth-order valence-electron chi connectivity index (χ4n) is 1.85. The van der Waals surface area contributed by atoms with E-state index in [1.54, 1.807) is 18.2 Å². The number of nitrogens with zero attached hydrogens (tertiary/aromatic N) is 1. The van der Waals surface area contributed by atoms with E-state index >= 15 is 0 Å². The Morgan fingerprint density at radius 1 is 1.63 bits per heavy atom. The maximum Gasteiger partial charge on any atom is 0.221 e. The fourth-order valence-corrected chi connectivity index (χ4v) is 2.02. The highest BCUT2D eigenvalue weighted by Crippen LogP contribution is 2.36. The second-order valence-electron chi connectivity index (χ2n) is 3.99. The number of allylic oxidation sites excluding steroid dienone is 1. The number of hydrogen-bond donors (Lipinski definition) is 4. The summed E-state index contributed by atoms with van der Waals surface area (Å²) in [5, 5.41) is 21.8. The molecule has 0 bridgehead atoms. The quantitative estimate of drug-likeness (QED) is 0.377. The molecule has 2 rings (SSSR count). The van der Waals surface area contributed by atoms with Gasteiger partial charge in [0.05, 0.1) is 6.54 Å². The van der Waals surface area contributed by atoms with Crippen molar-refractivity contribution in [3.63, 3.8) is 0 Å². The first-order valence-electron chi connectivity index (χ1n) is 5.43. The van der Waals surface area contributed by atoms with Crippen molar-refractivity contribution in [2.45, 2.75) is 5.79 Å². The standard InChI is InChI=1S/C12H11ClFN5/c13-8-1-2-9-10(3-8)18-11(7(4-15)5-16)19-12(9,14)6-17/h1-4,15,18-19H,6,17H2/b11-7-,15-4?. The lowest BCUT2D eigenvalue weighted by atomic mass is 9.99. The fraction of sp³-hybridized carbons (Fsp3) is 0.167. The van der Waals surface area contributed by atoms with Gasteiger partial charge in [0.1, 0.15) is 17.5 Å². The molecule has 5 N–H and O–H groups in total. The summed E-state index contributed by atoms with van der Waals surface area (Å²) in [5.74, 6) is -1.91. The van der Waals surface area contributed by atoms with E-state index < -0.39 is 5.79 Å². The van der Waals surface area contributed by atoms with Gasteiger partial charge in [-0.15, -0.1) is 0 Å². The van der Waals surface area contributed by atoms with E-state index in [-0.39, 0.29) is 17.9 Å². The van der Waals surface area contributed by atoms with Crippen LogP contribution in [0.1, 0.15) is 5.56 Å². The van der Waals surface area contributed by atoms with Gasteiger partial charge < -0.3 is 21.8 Å². The van der Waals surface area contributed by atoms with Gasteiger partial charge in [-0.2, -0.15) is 5.26 Å². The number of alkyl halides is 1. The molecule has 0 aromatic heterocycles. The molecule has 19 heavy (non-hydrogen) atoms. The average Bonchev–Trinajstić information content (AvgIpc) is 2.39. The zero-order valence-electron chi connectivity index (χ0n) is 9.80. The third kappa shape index (κ3) is 2.26. The molecule has 0 radical (unpaired) electrons. The molecule has 0 aliphatic carbocycles. The molecule has 0 spiro atoms. The molecule has 0 saturated heterocycles. The van der Waals surface area contributed by atoms with Crippen molar-refractivity contribution >= 4 is 23.5 Å². The second kappa shape index (κ2) is 4.88. The van der Waals surface area contributed by atoms with Crippen molar-refractivity contribution in [3.8, 4) is 6.07 Å². The molecule has 0 fully saturated rings. The van der Waals surface area contributed by atoms with Gasteiger partial charge in [-0.05, 0) is 12.1 Å². The maximum absolute atomic E-state index is 14.8. The smallest absolute Gasteiger partial charge is 0.221 e. The lowest BCUT2D eigenvalue weighted by Crippen LogP contribution is -2.49. The van der Waals surface area contributed by atoms with Gasteiger partial charge in [-0.3, -0.25) is 0 Å². The Labute approximate surface area is 114 Å². The predicted molar refractivity (Wildman–Crippen MR) is 71.5 cm³/mol. The molecule has 1 heterocycles. The van der Waals surface area contributed by atoms with Gasteiger partial charge >= 0.3 is 0 Å². The van der Waals surface area contributed by atoms with E-state index in [0.29, 0.717) is 16.3 Å². The van der Waals surface area contributed by atoms with Gasteiger partial charge in [0, 0.05) is 22.5 Å². The predicted octanol–water partition coefficient (Wildman–Crippen LogP) is 1.82. The van der Waals surface area contributed by atoms with Crippen LogP contribution in [0.5, 0.6) is 0 Å². The molecule has 1 aliphatic rings. The Hall–Kier alpha value is -2.10. The molecule has 1 aromatic carbocycles. The van der Waals surface area contributed by atoms with E-state index in [9.17, 15) is 4.39 Å². The third-order valence-corrected chi connectivity index (χ3v) is 3.04. The number of nitrogens with two attached hydrogens (primary N) is 1. The lowest BCUT2D eigenvalue weighted by Gasteiger charge is -2.35. The van der Waals surface area contributed by atoms with Crippen LogP contribution in [-0.2, 0) is 5.79 Å². The summed E-state index contributed by atoms with van der Waals surface area (Å²) in [6.45, 7) is -0.316. The van der Waals surface area contributed by atoms with Crippen LogP contribution in [0.4, 0.5) is 10.1 Å². The summed E-state index contributed by atoms with van der Waals surface area (Å²) >= 11 is 5.87. The molecule has 98 valence electrons. The average molecular weight is 280 g/mol. The molecular weight excluding hydrogens is 269 g/mol. The molecule has 0 amide bonds. The minimum absolute atomic E-state index is 0.0268. The minimum Gasteiger partial charge on any atom is -0.340 e. The zero-order valence-corrected chi connectivity index (χ0v) is 10.6. The number of nitriles is 1. The van der Waals surface area contributed by atoms with Crippen LogP contribution in [-0.4, -0.2) is 12.8 Å². The summed E-state index contributed by atoms with van der Waals surface area (Å²) in [7, 11) is 0. The van der Waals surface area contributed by atoms with Crippen LogP contribution in [0.3, 0.4) is 0 Å². The zero-order chi connectivity index (χ0) is 14.0. The van der Waals surface area contributed by atoms with Crippen molar-refractivity contribution in [1.29, 1.82) is 10.7 Å². The summed E-state index contributed by atoms with van der Waals surface area (Å²) < 4.78 is 14.8. The van der Waals surface area contributed by atoms with Gasteiger partial charge in [0.2, 0.25) is 5.79 Å².